The summed E-state index contributed by atoms with van der Waals surface area (Å²) in [6, 6.07) is 5.51. The van der Waals surface area contributed by atoms with E-state index in [1.165, 1.54) is 6.42 Å². The second-order valence-corrected chi connectivity index (χ2v) is 13.4. The van der Waals surface area contributed by atoms with Gasteiger partial charge in [-0.2, -0.15) is 0 Å². The van der Waals surface area contributed by atoms with E-state index in [1.54, 1.807) is 4.90 Å². The van der Waals surface area contributed by atoms with Gasteiger partial charge in [-0.1, -0.05) is 13.3 Å². The van der Waals surface area contributed by atoms with Crippen LogP contribution in [0.4, 0.5) is 0 Å². The molecule has 7 rings (SSSR count). The molecular weight excluding hydrogens is 520 g/mol. The lowest BCUT2D eigenvalue weighted by Gasteiger charge is -2.51. The van der Waals surface area contributed by atoms with Gasteiger partial charge in [0, 0.05) is 56.7 Å². The molecule has 41 heavy (non-hydrogen) atoms. The molecule has 0 bridgehead atoms. The average molecular weight is 563 g/mol. The summed E-state index contributed by atoms with van der Waals surface area (Å²) >= 11 is 0. The predicted molar refractivity (Wildman–Crippen MR) is 151 cm³/mol. The molecule has 3 unspecified atom stereocenters. The van der Waals surface area contributed by atoms with Gasteiger partial charge in [-0.15, -0.1) is 0 Å². The maximum atomic E-state index is 13.1. The second-order valence-electron chi connectivity index (χ2n) is 13.4. The number of nitrogens with one attached hydrogen (secondary N) is 1. The molecule has 6 aliphatic rings. The van der Waals surface area contributed by atoms with Crippen molar-refractivity contribution in [3.05, 3.63) is 29.3 Å². The fourth-order valence-corrected chi connectivity index (χ4v) is 8.04. The van der Waals surface area contributed by atoms with Crippen LogP contribution in [0.5, 0.6) is 5.75 Å². The van der Waals surface area contributed by atoms with E-state index in [0.717, 1.165) is 87.9 Å². The van der Waals surface area contributed by atoms with E-state index < -0.39 is 6.04 Å². The van der Waals surface area contributed by atoms with Crippen molar-refractivity contribution in [1.82, 2.24) is 20.0 Å². The number of hydrogen-bond acceptors (Lipinski definition) is 6. The van der Waals surface area contributed by atoms with Crippen LogP contribution in [0, 0.1) is 23.7 Å². The highest BCUT2D eigenvalue weighted by atomic mass is 16.5. The Bertz CT molecular complexity index is 1240. The highest BCUT2D eigenvalue weighted by Crippen LogP contribution is 2.41. The zero-order valence-electron chi connectivity index (χ0n) is 24.1. The molecule has 2 saturated carbocycles. The molecule has 1 N–H and O–H groups in total. The molecule has 2 aliphatic carbocycles. The van der Waals surface area contributed by atoms with Crippen molar-refractivity contribution in [3.8, 4) is 5.75 Å². The zero-order chi connectivity index (χ0) is 28.2. The molecule has 4 amide bonds. The third-order valence-corrected chi connectivity index (χ3v) is 10.8. The molecule has 0 radical (unpaired) electrons. The Morgan fingerprint density at radius 2 is 1.73 bits per heavy atom. The summed E-state index contributed by atoms with van der Waals surface area (Å²) in [6.45, 7) is 6.66. The van der Waals surface area contributed by atoms with Crippen LogP contribution < -0.4 is 10.1 Å². The first-order valence-corrected chi connectivity index (χ1v) is 15.8. The topological polar surface area (TPSA) is 99.3 Å². The largest absolute Gasteiger partial charge is 0.489 e. The minimum Gasteiger partial charge on any atom is -0.489 e. The Labute approximate surface area is 241 Å². The Balaban J connectivity index is 0.935. The summed E-state index contributed by atoms with van der Waals surface area (Å²) in [5.41, 5.74) is 1.50. The third kappa shape index (κ3) is 5.15. The van der Waals surface area contributed by atoms with Gasteiger partial charge in [0.2, 0.25) is 17.7 Å². The van der Waals surface area contributed by atoms with Gasteiger partial charge in [0.1, 0.15) is 17.9 Å². The van der Waals surface area contributed by atoms with Crippen LogP contribution in [0.1, 0.15) is 80.6 Å². The average Bonchev–Trinajstić information content (AvgIpc) is 3.59. The van der Waals surface area contributed by atoms with Gasteiger partial charge >= 0.3 is 0 Å². The number of benzene rings is 1. The fraction of sp³-hybridized carbons (Fsp3) is 0.688. The van der Waals surface area contributed by atoms with Gasteiger partial charge in [0.25, 0.3) is 5.91 Å². The summed E-state index contributed by atoms with van der Waals surface area (Å²) in [6.07, 6.45) is 8.68. The number of carbonyl (C=O) groups is 4. The molecule has 1 aromatic rings. The number of nitrogens with zero attached hydrogens (tertiary/aromatic N) is 3. The van der Waals surface area contributed by atoms with Gasteiger partial charge in [-0.25, -0.2) is 0 Å². The normalized spacial score (nSPS) is 32.9. The number of ether oxygens (including phenoxy) is 1. The van der Waals surface area contributed by atoms with Crippen molar-refractivity contribution in [1.29, 1.82) is 0 Å². The van der Waals surface area contributed by atoms with E-state index in [1.807, 2.05) is 18.2 Å². The van der Waals surface area contributed by atoms with Crippen LogP contribution in [0.2, 0.25) is 0 Å². The summed E-state index contributed by atoms with van der Waals surface area (Å²) in [5, 5.41) is 2.37. The van der Waals surface area contributed by atoms with Gasteiger partial charge in [0.15, 0.2) is 0 Å². The summed E-state index contributed by atoms with van der Waals surface area (Å²) in [5.74, 6) is 2.69. The lowest BCUT2D eigenvalue weighted by Crippen LogP contribution is -2.60. The molecule has 9 heteroatoms. The third-order valence-electron chi connectivity index (χ3n) is 10.8. The molecule has 9 nitrogen and oxygen atoms in total. The number of fused-ring (bicyclic) bond motifs is 1. The molecule has 0 spiro atoms. The van der Waals surface area contributed by atoms with E-state index in [2.05, 4.69) is 22.0 Å². The van der Waals surface area contributed by atoms with Crippen molar-refractivity contribution in [2.75, 3.05) is 26.2 Å². The Morgan fingerprint density at radius 3 is 2.46 bits per heavy atom. The van der Waals surface area contributed by atoms with Crippen LogP contribution in [0.25, 0.3) is 0 Å². The lowest BCUT2D eigenvalue weighted by molar-refractivity contribution is -0.137. The molecule has 1 aromatic carbocycles. The van der Waals surface area contributed by atoms with Crippen molar-refractivity contribution in [2.45, 2.75) is 89.4 Å². The minimum atomic E-state index is -0.603. The van der Waals surface area contributed by atoms with Crippen molar-refractivity contribution in [2.24, 2.45) is 23.7 Å². The van der Waals surface area contributed by atoms with E-state index in [4.69, 9.17) is 4.74 Å². The summed E-state index contributed by atoms with van der Waals surface area (Å²) in [7, 11) is 0. The first kappa shape index (κ1) is 26.9. The van der Waals surface area contributed by atoms with Crippen LogP contribution in [0.3, 0.4) is 0 Å². The zero-order valence-corrected chi connectivity index (χ0v) is 24.1. The van der Waals surface area contributed by atoms with Crippen molar-refractivity contribution in [3.63, 3.8) is 0 Å². The van der Waals surface area contributed by atoms with Gasteiger partial charge in [-0.3, -0.25) is 29.4 Å². The SMILES string of the molecule is CC1CC1C(=O)N1CCC(C2CN([C@H]3CCCC[C@@H]3Oc3ccc4c(c3)CN(C3CCC(=O)NC3=O)C4=O)C2)CC1. The smallest absolute Gasteiger partial charge is 0.255 e. The number of carbonyl (C=O) groups excluding carboxylic acids is 4. The molecule has 220 valence electrons. The molecular formula is C32H42N4O5. The number of hydrogen-bond donors (Lipinski definition) is 1. The maximum absolute atomic E-state index is 13.1. The number of piperidine rings is 2. The van der Waals surface area contributed by atoms with Gasteiger partial charge in [0.05, 0.1) is 0 Å². The standard InChI is InChI=1S/C32H42N4O5/c1-19-14-25(19)31(39)34-12-10-20(11-13-34)22-16-35(17-22)26-4-2-3-5-28(26)41-23-6-7-24-21(15-23)18-36(32(24)40)27-8-9-29(37)33-30(27)38/h6-7,15,19-20,22,25-28H,2-5,8-14,16-18H2,1H3,(H,33,37,38)/t19?,25?,26-,27?,28-/m0/s1. The quantitative estimate of drug-likeness (QED) is 0.536. The second kappa shape index (κ2) is 10.7. The Morgan fingerprint density at radius 1 is 0.976 bits per heavy atom. The van der Waals surface area contributed by atoms with E-state index in [-0.39, 0.29) is 30.2 Å². The lowest BCUT2D eigenvalue weighted by atomic mass is 9.77. The van der Waals surface area contributed by atoms with E-state index in [0.29, 0.717) is 42.3 Å². The first-order valence-electron chi connectivity index (χ1n) is 15.8. The van der Waals surface area contributed by atoms with Gasteiger partial charge < -0.3 is 14.5 Å². The molecule has 4 aliphatic heterocycles. The molecule has 3 saturated heterocycles. The Hall–Kier alpha value is -2.94. The van der Waals surface area contributed by atoms with Crippen LogP contribution in [0.15, 0.2) is 18.2 Å². The Kier molecular flexibility index (Phi) is 7.04. The number of imide groups is 1. The molecule has 5 atom stereocenters. The highest BCUT2D eigenvalue weighted by molar-refractivity contribution is 6.05. The van der Waals surface area contributed by atoms with Crippen molar-refractivity contribution >= 4 is 23.6 Å². The number of likely N-dealkylation sites (tertiary alicyclic amines) is 2. The first-order chi connectivity index (χ1) is 19.9. The minimum absolute atomic E-state index is 0.131. The number of rotatable bonds is 6. The van der Waals surface area contributed by atoms with Crippen molar-refractivity contribution < 1.29 is 23.9 Å². The van der Waals surface area contributed by atoms with Crippen LogP contribution in [-0.2, 0) is 20.9 Å². The fourth-order valence-electron chi connectivity index (χ4n) is 8.04. The molecule has 4 heterocycles. The summed E-state index contributed by atoms with van der Waals surface area (Å²) < 4.78 is 6.62. The number of amides is 4. The van der Waals surface area contributed by atoms with Crippen LogP contribution >= 0.6 is 0 Å². The predicted octanol–water partition coefficient (Wildman–Crippen LogP) is 2.96. The maximum Gasteiger partial charge on any atom is 0.255 e. The van der Waals surface area contributed by atoms with E-state index >= 15 is 0 Å². The monoisotopic (exact) mass is 562 g/mol. The van der Waals surface area contributed by atoms with E-state index in [9.17, 15) is 19.2 Å². The van der Waals surface area contributed by atoms with Gasteiger partial charge in [-0.05, 0) is 86.5 Å². The summed E-state index contributed by atoms with van der Waals surface area (Å²) in [4.78, 5) is 56.0. The molecule has 5 fully saturated rings. The highest BCUT2D eigenvalue weighted by Gasteiger charge is 2.45. The molecule has 0 aromatic heterocycles. The van der Waals surface area contributed by atoms with Crippen LogP contribution in [-0.4, -0.2) is 82.7 Å².